The summed E-state index contributed by atoms with van der Waals surface area (Å²) in [4.78, 5) is 20.2. The summed E-state index contributed by atoms with van der Waals surface area (Å²) >= 11 is 0. The third kappa shape index (κ3) is 14.3. The van der Waals surface area contributed by atoms with Gasteiger partial charge in [0, 0.05) is 12.8 Å². The van der Waals surface area contributed by atoms with E-state index in [-0.39, 0.29) is 37.3 Å². The number of unbranched alkanes of at least 4 members (excludes halogenated alkanes) is 4. The second-order valence-electron chi connectivity index (χ2n) is 3.06. The summed E-state index contributed by atoms with van der Waals surface area (Å²) in [7, 11) is 0. The molecular formula is C9H19O4Sb. The Morgan fingerprint density at radius 1 is 0.714 bits per heavy atom. The molecule has 0 aromatic rings. The minimum atomic E-state index is -0.759. The molecule has 0 aliphatic heterocycles. The molecule has 4 nitrogen and oxygen atoms in total. The first-order valence-electron chi connectivity index (χ1n) is 4.56. The summed E-state index contributed by atoms with van der Waals surface area (Å²) < 4.78 is 0. The van der Waals surface area contributed by atoms with E-state index in [1.807, 2.05) is 0 Å². The molecule has 0 spiro atoms. The molecule has 0 aliphatic rings. The molecule has 0 aromatic carbocycles. The molecule has 0 saturated heterocycles. The number of carboxylic acids is 2. The van der Waals surface area contributed by atoms with Crippen LogP contribution in [0.5, 0.6) is 0 Å². The third-order valence-corrected chi connectivity index (χ3v) is 1.78. The van der Waals surface area contributed by atoms with Crippen molar-refractivity contribution in [2.75, 3.05) is 0 Å². The fraction of sp³-hybridized carbons (Fsp3) is 0.778. The second-order valence-corrected chi connectivity index (χ2v) is 3.06. The first kappa shape index (κ1) is 16.2. The molecule has 0 amide bonds. The Kier molecular flexibility index (Phi) is 12.5. The minimum absolute atomic E-state index is 0. The van der Waals surface area contributed by atoms with Gasteiger partial charge in [-0.1, -0.05) is 19.3 Å². The molecule has 0 aromatic heterocycles. The van der Waals surface area contributed by atoms with Crippen molar-refractivity contribution >= 4 is 36.4 Å². The van der Waals surface area contributed by atoms with E-state index in [1.165, 1.54) is 0 Å². The second kappa shape index (κ2) is 10.8. The first-order chi connectivity index (χ1) is 6.13. The Bertz CT molecular complexity index is 152. The van der Waals surface area contributed by atoms with Crippen LogP contribution in [0.25, 0.3) is 0 Å². The topological polar surface area (TPSA) is 74.6 Å². The number of aliphatic carboxylic acids is 2. The Morgan fingerprint density at radius 3 is 1.29 bits per heavy atom. The van der Waals surface area contributed by atoms with E-state index in [0.29, 0.717) is 12.8 Å². The van der Waals surface area contributed by atoms with Crippen molar-refractivity contribution in [3.05, 3.63) is 0 Å². The molecular weight excluding hydrogens is 294 g/mol. The molecule has 0 fully saturated rings. The zero-order valence-corrected chi connectivity index (χ0v) is 12.4. The number of carboxylic acid groups (broad SMARTS) is 2. The van der Waals surface area contributed by atoms with Crippen molar-refractivity contribution in [2.24, 2.45) is 0 Å². The number of carbonyl (C=O) groups is 2. The number of rotatable bonds is 8. The van der Waals surface area contributed by atoms with Gasteiger partial charge >= 0.3 is 36.4 Å². The zero-order chi connectivity index (χ0) is 10.1. The summed E-state index contributed by atoms with van der Waals surface area (Å²) in [5.41, 5.74) is 0. The maximum absolute atomic E-state index is 10.1. The molecule has 0 heterocycles. The third-order valence-electron chi connectivity index (χ3n) is 1.78. The average Bonchev–Trinajstić information content (AvgIpc) is 2.01. The van der Waals surface area contributed by atoms with Gasteiger partial charge in [-0.2, -0.15) is 0 Å². The molecule has 0 aliphatic carbocycles. The van der Waals surface area contributed by atoms with Gasteiger partial charge < -0.3 is 10.2 Å². The fourth-order valence-electron chi connectivity index (χ4n) is 1.08. The van der Waals surface area contributed by atoms with Gasteiger partial charge in [-0.05, 0) is 12.8 Å². The van der Waals surface area contributed by atoms with Crippen molar-refractivity contribution in [2.45, 2.75) is 44.9 Å². The van der Waals surface area contributed by atoms with Gasteiger partial charge in [-0.3, -0.25) is 9.59 Å². The summed E-state index contributed by atoms with van der Waals surface area (Å²) in [6.07, 6.45) is 4.53. The standard InChI is InChI=1S/C9H16O4.Sb.3H/c10-8(11)6-4-2-1-3-5-7-9(12)13;;;;/h1-7H2,(H,10,11)(H,12,13);;;;. The SMILES string of the molecule is O=C(O)CCCCCCCC(=O)O.[SbH3]. The van der Waals surface area contributed by atoms with Crippen molar-refractivity contribution in [1.29, 1.82) is 0 Å². The van der Waals surface area contributed by atoms with E-state index in [4.69, 9.17) is 10.2 Å². The predicted octanol–water partition coefficient (Wildman–Crippen LogP) is 0.702. The molecule has 0 radical (unpaired) electrons. The maximum atomic E-state index is 10.1. The van der Waals surface area contributed by atoms with Crippen LogP contribution >= 0.6 is 0 Å². The van der Waals surface area contributed by atoms with Crippen LogP contribution in [0.2, 0.25) is 0 Å². The Labute approximate surface area is 101 Å². The summed E-state index contributed by atoms with van der Waals surface area (Å²) in [6.45, 7) is 0. The fourth-order valence-corrected chi connectivity index (χ4v) is 1.08. The number of hydrogen-bond acceptors (Lipinski definition) is 2. The van der Waals surface area contributed by atoms with Crippen LogP contribution in [0, 0.1) is 0 Å². The van der Waals surface area contributed by atoms with Gasteiger partial charge in [0.15, 0.2) is 0 Å². The van der Waals surface area contributed by atoms with Crippen molar-refractivity contribution < 1.29 is 19.8 Å². The van der Waals surface area contributed by atoms with E-state index < -0.39 is 11.9 Å². The van der Waals surface area contributed by atoms with Crippen molar-refractivity contribution in [1.82, 2.24) is 0 Å². The van der Waals surface area contributed by atoms with Crippen molar-refractivity contribution in [3.63, 3.8) is 0 Å². The summed E-state index contributed by atoms with van der Waals surface area (Å²) in [5, 5.41) is 16.6. The van der Waals surface area contributed by atoms with Gasteiger partial charge in [-0.25, -0.2) is 0 Å². The molecule has 0 rings (SSSR count). The van der Waals surface area contributed by atoms with Crippen LogP contribution in [-0.4, -0.2) is 46.6 Å². The van der Waals surface area contributed by atoms with Gasteiger partial charge in [0.2, 0.25) is 0 Å². The first-order valence-corrected chi connectivity index (χ1v) is 4.56. The van der Waals surface area contributed by atoms with Crippen LogP contribution in [-0.2, 0) is 9.59 Å². The summed E-state index contributed by atoms with van der Waals surface area (Å²) in [6, 6.07) is 0. The van der Waals surface area contributed by atoms with Gasteiger partial charge in [0.1, 0.15) is 0 Å². The number of hydrogen-bond donors (Lipinski definition) is 2. The van der Waals surface area contributed by atoms with E-state index >= 15 is 0 Å². The molecule has 14 heavy (non-hydrogen) atoms. The van der Waals surface area contributed by atoms with Gasteiger partial charge in [-0.15, -0.1) is 0 Å². The monoisotopic (exact) mass is 312 g/mol. The molecule has 84 valence electrons. The molecule has 0 saturated carbocycles. The van der Waals surface area contributed by atoms with E-state index in [9.17, 15) is 9.59 Å². The van der Waals surface area contributed by atoms with E-state index in [1.54, 1.807) is 0 Å². The zero-order valence-electron chi connectivity index (χ0n) is 8.37. The van der Waals surface area contributed by atoms with E-state index in [2.05, 4.69) is 0 Å². The molecule has 0 bridgehead atoms. The van der Waals surface area contributed by atoms with Crippen LogP contribution in [0.1, 0.15) is 44.9 Å². The molecule has 5 heteroatoms. The Hall–Kier alpha value is -0.242. The van der Waals surface area contributed by atoms with Gasteiger partial charge in [0.25, 0.3) is 0 Å². The van der Waals surface area contributed by atoms with E-state index in [0.717, 1.165) is 19.3 Å². The van der Waals surface area contributed by atoms with Crippen LogP contribution < -0.4 is 0 Å². The Morgan fingerprint density at radius 2 is 1.00 bits per heavy atom. The van der Waals surface area contributed by atoms with Gasteiger partial charge in [0.05, 0.1) is 0 Å². The molecule has 0 atom stereocenters. The van der Waals surface area contributed by atoms with Crippen LogP contribution in [0.4, 0.5) is 0 Å². The van der Waals surface area contributed by atoms with Crippen LogP contribution in [0.3, 0.4) is 0 Å². The molecule has 2 N–H and O–H groups in total. The molecule has 0 unspecified atom stereocenters. The van der Waals surface area contributed by atoms with Crippen molar-refractivity contribution in [3.8, 4) is 0 Å². The normalized spacial score (nSPS) is 9.14. The average molecular weight is 313 g/mol. The van der Waals surface area contributed by atoms with Crippen LogP contribution in [0.15, 0.2) is 0 Å². The summed E-state index contributed by atoms with van der Waals surface area (Å²) in [5.74, 6) is -1.52. The Balaban J connectivity index is 0. The predicted molar refractivity (Wildman–Crippen MR) is 57.5 cm³/mol. The quantitative estimate of drug-likeness (QED) is 0.511.